The highest BCUT2D eigenvalue weighted by atomic mass is 19.4. The quantitative estimate of drug-likeness (QED) is 0.832. The first-order chi connectivity index (χ1) is 8.30. The van der Waals surface area contributed by atoms with Crippen LogP contribution in [0.25, 0.3) is 0 Å². The van der Waals surface area contributed by atoms with Crippen molar-refractivity contribution in [1.82, 2.24) is 4.90 Å². The third kappa shape index (κ3) is 4.84. The number of nitrogens with zero attached hydrogens (tertiary/aromatic N) is 1. The van der Waals surface area contributed by atoms with E-state index in [4.69, 9.17) is 5.11 Å². The molecule has 0 radical (unpaired) electrons. The van der Waals surface area contributed by atoms with Gasteiger partial charge in [0.1, 0.15) is 0 Å². The van der Waals surface area contributed by atoms with Gasteiger partial charge in [0, 0.05) is 13.1 Å². The van der Waals surface area contributed by atoms with Crippen LogP contribution in [0.3, 0.4) is 0 Å². The van der Waals surface area contributed by atoms with Crippen LogP contribution in [-0.2, 0) is 4.79 Å². The van der Waals surface area contributed by atoms with E-state index in [-0.39, 0.29) is 12.8 Å². The summed E-state index contributed by atoms with van der Waals surface area (Å²) in [6.45, 7) is 0.633. The molecule has 1 fully saturated rings. The lowest BCUT2D eigenvalue weighted by molar-refractivity contribution is -0.197. The van der Waals surface area contributed by atoms with Gasteiger partial charge in [0.05, 0.1) is 12.3 Å². The molecule has 106 valence electrons. The Balaban J connectivity index is 2.49. The lowest BCUT2D eigenvalue weighted by Crippen LogP contribution is -2.39. The van der Waals surface area contributed by atoms with E-state index in [2.05, 4.69) is 0 Å². The molecule has 6 heteroatoms. The number of hydrogen-bond acceptors (Lipinski definition) is 2. The Bertz CT molecular complexity index is 281. The third-order valence-corrected chi connectivity index (χ3v) is 3.58. The first kappa shape index (κ1) is 15.3. The average Bonchev–Trinajstić information content (AvgIpc) is 2.25. The van der Waals surface area contributed by atoms with E-state index >= 15 is 0 Å². The third-order valence-electron chi connectivity index (χ3n) is 3.58. The summed E-state index contributed by atoms with van der Waals surface area (Å²) in [4.78, 5) is 12.1. The zero-order valence-electron chi connectivity index (χ0n) is 10.5. The van der Waals surface area contributed by atoms with Crippen LogP contribution >= 0.6 is 0 Å². The maximum atomic E-state index is 12.8. The van der Waals surface area contributed by atoms with Crippen LogP contribution in [0.1, 0.15) is 32.1 Å². The summed E-state index contributed by atoms with van der Waals surface area (Å²) >= 11 is 0. The highest BCUT2D eigenvalue weighted by Gasteiger charge is 2.45. The van der Waals surface area contributed by atoms with E-state index in [1.165, 1.54) is 0 Å². The first-order valence-corrected chi connectivity index (χ1v) is 6.27. The van der Waals surface area contributed by atoms with Crippen molar-refractivity contribution in [3.05, 3.63) is 0 Å². The van der Waals surface area contributed by atoms with Crippen LogP contribution in [0.2, 0.25) is 0 Å². The SMILES string of the molecule is CN(CCC(=O)O)CC1CCCCC1C(F)(F)F. The maximum Gasteiger partial charge on any atom is 0.392 e. The molecular weight excluding hydrogens is 247 g/mol. The van der Waals surface area contributed by atoms with Crippen molar-refractivity contribution >= 4 is 5.97 Å². The molecule has 1 aliphatic carbocycles. The van der Waals surface area contributed by atoms with Crippen molar-refractivity contribution in [1.29, 1.82) is 0 Å². The van der Waals surface area contributed by atoms with Gasteiger partial charge < -0.3 is 10.0 Å². The second kappa shape index (κ2) is 6.41. The van der Waals surface area contributed by atoms with Gasteiger partial charge in [0.25, 0.3) is 0 Å². The lowest BCUT2D eigenvalue weighted by atomic mass is 9.78. The minimum atomic E-state index is -4.13. The van der Waals surface area contributed by atoms with Crippen LogP contribution in [0, 0.1) is 11.8 Å². The summed E-state index contributed by atoms with van der Waals surface area (Å²) in [5.74, 6) is -2.53. The van der Waals surface area contributed by atoms with Crippen molar-refractivity contribution in [2.45, 2.75) is 38.3 Å². The standard InChI is InChI=1S/C12H20F3NO2/c1-16(7-6-11(17)18)8-9-4-2-3-5-10(9)12(13,14)15/h9-10H,2-8H2,1H3,(H,17,18). The average molecular weight is 267 g/mol. The van der Waals surface area contributed by atoms with Gasteiger partial charge in [-0.05, 0) is 25.8 Å². The number of carboxylic acids is 1. The predicted octanol–water partition coefficient (Wildman–Crippen LogP) is 2.76. The predicted molar refractivity (Wildman–Crippen MR) is 61.3 cm³/mol. The fourth-order valence-corrected chi connectivity index (χ4v) is 2.64. The van der Waals surface area contributed by atoms with Gasteiger partial charge in [-0.2, -0.15) is 13.2 Å². The molecule has 0 amide bonds. The minimum absolute atomic E-state index is 0.0279. The largest absolute Gasteiger partial charge is 0.481 e. The van der Waals surface area contributed by atoms with Crippen molar-refractivity contribution in [3.63, 3.8) is 0 Å². The molecule has 0 aromatic carbocycles. The molecule has 0 aromatic rings. The Kier molecular flexibility index (Phi) is 5.44. The highest BCUT2D eigenvalue weighted by Crippen LogP contribution is 2.41. The zero-order valence-corrected chi connectivity index (χ0v) is 10.5. The first-order valence-electron chi connectivity index (χ1n) is 6.27. The summed E-state index contributed by atoms with van der Waals surface area (Å²) in [7, 11) is 1.69. The molecule has 1 rings (SSSR count). The van der Waals surface area contributed by atoms with Crippen LogP contribution in [0.4, 0.5) is 13.2 Å². The second-order valence-corrected chi connectivity index (χ2v) is 5.10. The van der Waals surface area contributed by atoms with Crippen LogP contribution in [0.5, 0.6) is 0 Å². The molecule has 1 saturated carbocycles. The fraction of sp³-hybridized carbons (Fsp3) is 0.917. The van der Waals surface area contributed by atoms with Crippen molar-refractivity contribution in [3.8, 4) is 0 Å². The lowest BCUT2D eigenvalue weighted by Gasteiger charge is -2.35. The Labute approximate surface area is 105 Å². The Morgan fingerprint density at radius 2 is 1.94 bits per heavy atom. The molecule has 0 spiro atoms. The number of alkyl halides is 3. The van der Waals surface area contributed by atoms with E-state index < -0.39 is 24.0 Å². The van der Waals surface area contributed by atoms with Gasteiger partial charge in [-0.3, -0.25) is 4.79 Å². The van der Waals surface area contributed by atoms with Gasteiger partial charge in [-0.1, -0.05) is 12.8 Å². The zero-order chi connectivity index (χ0) is 13.8. The van der Waals surface area contributed by atoms with Crippen LogP contribution < -0.4 is 0 Å². The van der Waals surface area contributed by atoms with E-state index in [9.17, 15) is 18.0 Å². The van der Waals surface area contributed by atoms with E-state index in [1.807, 2.05) is 0 Å². The molecular formula is C12H20F3NO2. The van der Waals surface area contributed by atoms with Crippen molar-refractivity contribution in [2.24, 2.45) is 11.8 Å². The number of halogens is 3. The molecule has 0 aliphatic heterocycles. The molecule has 2 atom stereocenters. The van der Waals surface area contributed by atoms with Gasteiger partial charge in [0.2, 0.25) is 0 Å². The monoisotopic (exact) mass is 267 g/mol. The van der Waals surface area contributed by atoms with Gasteiger partial charge in [0.15, 0.2) is 0 Å². The normalized spacial score (nSPS) is 25.4. The summed E-state index contributed by atoms with van der Waals surface area (Å²) in [5.41, 5.74) is 0. The molecule has 2 unspecified atom stereocenters. The second-order valence-electron chi connectivity index (χ2n) is 5.10. The summed E-state index contributed by atoms with van der Waals surface area (Å²) < 4.78 is 38.5. The van der Waals surface area contributed by atoms with E-state index in [1.54, 1.807) is 11.9 Å². The van der Waals surface area contributed by atoms with E-state index in [0.717, 1.165) is 6.42 Å². The van der Waals surface area contributed by atoms with E-state index in [0.29, 0.717) is 25.9 Å². The Hall–Kier alpha value is -0.780. The Morgan fingerprint density at radius 3 is 2.50 bits per heavy atom. The summed E-state index contributed by atoms with van der Waals surface area (Å²) in [5, 5.41) is 8.54. The Morgan fingerprint density at radius 1 is 1.33 bits per heavy atom. The van der Waals surface area contributed by atoms with Gasteiger partial charge >= 0.3 is 12.1 Å². The molecule has 0 bridgehead atoms. The molecule has 0 heterocycles. The van der Waals surface area contributed by atoms with Crippen LogP contribution in [-0.4, -0.2) is 42.3 Å². The summed E-state index contributed by atoms with van der Waals surface area (Å²) in [6.07, 6.45) is -1.88. The van der Waals surface area contributed by atoms with Crippen molar-refractivity contribution < 1.29 is 23.1 Å². The molecule has 18 heavy (non-hydrogen) atoms. The van der Waals surface area contributed by atoms with Crippen LogP contribution in [0.15, 0.2) is 0 Å². The van der Waals surface area contributed by atoms with Gasteiger partial charge in [-0.15, -0.1) is 0 Å². The number of aliphatic carboxylic acids is 1. The molecule has 3 nitrogen and oxygen atoms in total. The number of rotatable bonds is 5. The summed E-state index contributed by atoms with van der Waals surface area (Å²) in [6, 6.07) is 0. The molecule has 1 N–H and O–H groups in total. The maximum absolute atomic E-state index is 12.8. The van der Waals surface area contributed by atoms with Gasteiger partial charge in [-0.25, -0.2) is 0 Å². The number of hydrogen-bond donors (Lipinski definition) is 1. The molecule has 0 aromatic heterocycles. The minimum Gasteiger partial charge on any atom is -0.481 e. The smallest absolute Gasteiger partial charge is 0.392 e. The topological polar surface area (TPSA) is 40.5 Å². The molecule has 1 aliphatic rings. The fourth-order valence-electron chi connectivity index (χ4n) is 2.64. The van der Waals surface area contributed by atoms with Crippen molar-refractivity contribution in [2.75, 3.05) is 20.1 Å². The number of carbonyl (C=O) groups is 1. The highest BCUT2D eigenvalue weighted by molar-refractivity contribution is 5.66. The number of carboxylic acid groups (broad SMARTS) is 1. The molecule has 0 saturated heterocycles.